The lowest BCUT2D eigenvalue weighted by Crippen LogP contribution is -2.33. The van der Waals surface area contributed by atoms with E-state index >= 15 is 0 Å². The van der Waals surface area contributed by atoms with E-state index in [1.807, 2.05) is 4.90 Å². The standard InChI is InChI=1S/C13H13F3N4O/c1-19-9(7-17-18-19)8-20-5-6-21-12-10(13(14,15)16)3-2-4-11(12)20/h2-4,7H,5-6,8H2,1H3. The third kappa shape index (κ3) is 2.53. The number of rotatable bonds is 2. The fraction of sp³-hybridized carbons (Fsp3) is 0.385. The topological polar surface area (TPSA) is 43.2 Å². The van der Waals surface area contributed by atoms with Gasteiger partial charge in [0, 0.05) is 7.05 Å². The number of nitrogens with zero attached hydrogens (tertiary/aromatic N) is 4. The summed E-state index contributed by atoms with van der Waals surface area (Å²) in [6, 6.07) is 4.06. The number of aryl methyl sites for hydroxylation is 1. The van der Waals surface area contributed by atoms with Crippen LogP contribution >= 0.6 is 0 Å². The zero-order valence-corrected chi connectivity index (χ0v) is 11.3. The minimum absolute atomic E-state index is 0.105. The van der Waals surface area contributed by atoms with Crippen LogP contribution in [0, 0.1) is 0 Å². The van der Waals surface area contributed by atoms with E-state index in [4.69, 9.17) is 4.74 Å². The number of fused-ring (bicyclic) bond motifs is 1. The molecule has 0 aliphatic carbocycles. The van der Waals surface area contributed by atoms with Gasteiger partial charge in [0.2, 0.25) is 0 Å². The number of ether oxygens (including phenoxy) is 1. The van der Waals surface area contributed by atoms with Gasteiger partial charge < -0.3 is 9.64 Å². The summed E-state index contributed by atoms with van der Waals surface area (Å²) < 4.78 is 45.9. The van der Waals surface area contributed by atoms with Crippen LogP contribution < -0.4 is 9.64 Å². The van der Waals surface area contributed by atoms with Crippen molar-refractivity contribution in [3.8, 4) is 5.75 Å². The van der Waals surface area contributed by atoms with Gasteiger partial charge in [-0.2, -0.15) is 13.2 Å². The van der Waals surface area contributed by atoms with Gasteiger partial charge in [-0.1, -0.05) is 11.3 Å². The maximum absolute atomic E-state index is 13.0. The summed E-state index contributed by atoms with van der Waals surface area (Å²) in [5.74, 6) is -0.105. The molecule has 0 bridgehead atoms. The van der Waals surface area contributed by atoms with Crippen LogP contribution in [0.25, 0.3) is 0 Å². The molecule has 8 heteroatoms. The SMILES string of the molecule is Cn1nncc1CN1CCOc2c1cccc2C(F)(F)F. The molecule has 1 aromatic heterocycles. The molecule has 0 atom stereocenters. The number of benzene rings is 1. The van der Waals surface area contributed by atoms with Gasteiger partial charge in [-0.05, 0) is 12.1 Å². The van der Waals surface area contributed by atoms with Gasteiger partial charge in [0.25, 0.3) is 0 Å². The van der Waals surface area contributed by atoms with E-state index in [-0.39, 0.29) is 12.4 Å². The molecular weight excluding hydrogens is 285 g/mol. The van der Waals surface area contributed by atoms with Crippen LogP contribution in [0.15, 0.2) is 24.4 Å². The van der Waals surface area contributed by atoms with Crippen molar-refractivity contribution in [1.82, 2.24) is 15.0 Å². The minimum atomic E-state index is -4.43. The number of para-hydroxylation sites is 1. The van der Waals surface area contributed by atoms with Gasteiger partial charge in [0.1, 0.15) is 6.61 Å². The Balaban J connectivity index is 1.97. The largest absolute Gasteiger partial charge is 0.489 e. The first kappa shape index (κ1) is 13.7. The van der Waals surface area contributed by atoms with Crippen LogP contribution in [-0.4, -0.2) is 28.1 Å². The van der Waals surface area contributed by atoms with E-state index in [9.17, 15) is 13.2 Å². The average molecular weight is 298 g/mol. The molecule has 0 N–H and O–H groups in total. The average Bonchev–Trinajstić information content (AvgIpc) is 2.83. The summed E-state index contributed by atoms with van der Waals surface area (Å²) >= 11 is 0. The number of anilines is 1. The molecule has 0 saturated carbocycles. The van der Waals surface area contributed by atoms with Gasteiger partial charge in [-0.3, -0.25) is 4.68 Å². The molecule has 2 heterocycles. The summed E-state index contributed by atoms with van der Waals surface area (Å²) in [6.45, 7) is 1.16. The monoisotopic (exact) mass is 298 g/mol. The van der Waals surface area contributed by atoms with Crippen LogP contribution in [-0.2, 0) is 19.8 Å². The molecule has 1 aromatic carbocycles. The highest BCUT2D eigenvalue weighted by molar-refractivity contribution is 5.64. The summed E-state index contributed by atoms with van der Waals surface area (Å²) in [4.78, 5) is 1.84. The summed E-state index contributed by atoms with van der Waals surface area (Å²) in [5.41, 5.74) is 0.519. The summed E-state index contributed by atoms with van der Waals surface area (Å²) in [5, 5.41) is 7.60. The van der Waals surface area contributed by atoms with Gasteiger partial charge >= 0.3 is 6.18 Å². The Morgan fingerprint density at radius 3 is 2.81 bits per heavy atom. The molecule has 3 rings (SSSR count). The minimum Gasteiger partial charge on any atom is -0.489 e. The number of halogens is 3. The van der Waals surface area contributed by atoms with Gasteiger partial charge in [0.05, 0.1) is 36.2 Å². The first-order valence-electron chi connectivity index (χ1n) is 6.38. The van der Waals surface area contributed by atoms with Crippen molar-refractivity contribution in [2.24, 2.45) is 7.05 Å². The molecule has 0 unspecified atom stereocenters. The molecule has 2 aromatic rings. The second kappa shape index (κ2) is 4.94. The Morgan fingerprint density at radius 2 is 2.14 bits per heavy atom. The Morgan fingerprint density at radius 1 is 1.33 bits per heavy atom. The van der Waals surface area contributed by atoms with Crippen molar-refractivity contribution in [2.75, 3.05) is 18.1 Å². The maximum atomic E-state index is 13.0. The molecule has 5 nitrogen and oxygen atoms in total. The number of aromatic nitrogens is 3. The normalized spacial score (nSPS) is 14.8. The van der Waals surface area contributed by atoms with Gasteiger partial charge in [-0.25, -0.2) is 0 Å². The second-order valence-corrected chi connectivity index (χ2v) is 4.77. The molecule has 112 valence electrons. The van der Waals surface area contributed by atoms with E-state index in [0.29, 0.717) is 18.8 Å². The Kier molecular flexibility index (Phi) is 3.23. The molecule has 0 spiro atoms. The van der Waals surface area contributed by atoms with E-state index in [2.05, 4.69) is 10.3 Å². The molecule has 0 saturated heterocycles. The predicted octanol–water partition coefficient (Wildman–Crippen LogP) is 2.23. The molecular formula is C13H13F3N4O. The third-order valence-corrected chi connectivity index (χ3v) is 3.41. The lowest BCUT2D eigenvalue weighted by Gasteiger charge is -2.32. The highest BCUT2D eigenvalue weighted by Gasteiger charge is 2.37. The lowest BCUT2D eigenvalue weighted by molar-refractivity contribution is -0.139. The zero-order chi connectivity index (χ0) is 15.0. The molecule has 1 aliphatic heterocycles. The first-order chi connectivity index (χ1) is 9.97. The van der Waals surface area contributed by atoms with Crippen molar-refractivity contribution in [2.45, 2.75) is 12.7 Å². The van der Waals surface area contributed by atoms with Crippen LogP contribution in [0.1, 0.15) is 11.3 Å². The van der Waals surface area contributed by atoms with Crippen LogP contribution in [0.3, 0.4) is 0 Å². The van der Waals surface area contributed by atoms with Crippen LogP contribution in [0.5, 0.6) is 5.75 Å². The maximum Gasteiger partial charge on any atom is 0.420 e. The predicted molar refractivity (Wildman–Crippen MR) is 69.0 cm³/mol. The van der Waals surface area contributed by atoms with E-state index in [0.717, 1.165) is 11.8 Å². The van der Waals surface area contributed by atoms with Crippen LogP contribution in [0.2, 0.25) is 0 Å². The smallest absolute Gasteiger partial charge is 0.420 e. The highest BCUT2D eigenvalue weighted by Crippen LogP contribution is 2.43. The van der Waals surface area contributed by atoms with Crippen molar-refractivity contribution in [3.05, 3.63) is 35.7 Å². The highest BCUT2D eigenvalue weighted by atomic mass is 19.4. The Hall–Kier alpha value is -2.25. The van der Waals surface area contributed by atoms with E-state index < -0.39 is 11.7 Å². The van der Waals surface area contributed by atoms with Crippen molar-refractivity contribution in [1.29, 1.82) is 0 Å². The molecule has 21 heavy (non-hydrogen) atoms. The number of hydrogen-bond donors (Lipinski definition) is 0. The molecule has 0 fully saturated rings. The molecule has 0 radical (unpaired) electrons. The molecule has 1 aliphatic rings. The first-order valence-corrected chi connectivity index (χ1v) is 6.38. The van der Waals surface area contributed by atoms with Crippen LogP contribution in [0.4, 0.5) is 18.9 Å². The quantitative estimate of drug-likeness (QED) is 0.853. The Bertz CT molecular complexity index is 653. The van der Waals surface area contributed by atoms with Crippen molar-refractivity contribution < 1.29 is 17.9 Å². The summed E-state index contributed by atoms with van der Waals surface area (Å²) in [6.07, 6.45) is -2.83. The second-order valence-electron chi connectivity index (χ2n) is 4.77. The Labute approximate surface area is 118 Å². The van der Waals surface area contributed by atoms with Gasteiger partial charge in [-0.15, -0.1) is 5.10 Å². The fourth-order valence-electron chi connectivity index (χ4n) is 2.34. The zero-order valence-electron chi connectivity index (χ0n) is 11.3. The third-order valence-electron chi connectivity index (χ3n) is 3.41. The fourth-order valence-corrected chi connectivity index (χ4v) is 2.34. The molecule has 0 amide bonds. The van der Waals surface area contributed by atoms with Crippen molar-refractivity contribution >= 4 is 5.69 Å². The van der Waals surface area contributed by atoms with E-state index in [1.165, 1.54) is 6.07 Å². The lowest BCUT2D eigenvalue weighted by atomic mass is 10.1. The summed E-state index contributed by atoms with van der Waals surface area (Å²) in [7, 11) is 1.75. The number of hydrogen-bond acceptors (Lipinski definition) is 4. The van der Waals surface area contributed by atoms with Crippen molar-refractivity contribution in [3.63, 3.8) is 0 Å². The van der Waals surface area contributed by atoms with E-state index in [1.54, 1.807) is 24.0 Å². The van der Waals surface area contributed by atoms with Gasteiger partial charge in [0.15, 0.2) is 5.75 Å². The number of alkyl halides is 3.